The van der Waals surface area contributed by atoms with Crippen LogP contribution in [0.3, 0.4) is 0 Å². The van der Waals surface area contributed by atoms with Gasteiger partial charge in [0, 0.05) is 11.3 Å². The van der Waals surface area contributed by atoms with Crippen LogP contribution in [-0.2, 0) is 14.8 Å². The van der Waals surface area contributed by atoms with Gasteiger partial charge in [-0.15, -0.1) is 0 Å². The summed E-state index contributed by atoms with van der Waals surface area (Å²) < 4.78 is 32.5. The SMILES string of the molecule is Cc1noc(C)c1S(=O)(=O)N[C@@H](C)C(=O)Nc1cccc(-c2nc3ccccc3[nH]2)c1. The van der Waals surface area contributed by atoms with E-state index in [9.17, 15) is 13.2 Å². The van der Waals surface area contributed by atoms with Crippen molar-refractivity contribution in [1.29, 1.82) is 0 Å². The van der Waals surface area contributed by atoms with Gasteiger partial charge in [0.05, 0.1) is 17.1 Å². The van der Waals surface area contributed by atoms with Crippen LogP contribution in [0.2, 0.25) is 0 Å². The molecule has 160 valence electrons. The van der Waals surface area contributed by atoms with Crippen LogP contribution in [0.15, 0.2) is 57.9 Å². The molecule has 10 heteroatoms. The van der Waals surface area contributed by atoms with Gasteiger partial charge in [-0.25, -0.2) is 13.4 Å². The molecule has 0 unspecified atom stereocenters. The molecular formula is C21H21N5O4S. The van der Waals surface area contributed by atoms with Gasteiger partial charge in [-0.2, -0.15) is 4.72 Å². The lowest BCUT2D eigenvalue weighted by atomic mass is 10.2. The van der Waals surface area contributed by atoms with E-state index >= 15 is 0 Å². The van der Waals surface area contributed by atoms with Crippen molar-refractivity contribution >= 4 is 32.7 Å². The van der Waals surface area contributed by atoms with Gasteiger partial charge < -0.3 is 14.8 Å². The second-order valence-electron chi connectivity index (χ2n) is 7.17. The monoisotopic (exact) mass is 439 g/mol. The van der Waals surface area contributed by atoms with E-state index in [1.54, 1.807) is 18.2 Å². The molecule has 1 amide bonds. The molecule has 0 aliphatic carbocycles. The fourth-order valence-corrected chi connectivity index (χ4v) is 4.82. The summed E-state index contributed by atoms with van der Waals surface area (Å²) in [6.07, 6.45) is 0. The average Bonchev–Trinajstić information content (AvgIpc) is 3.31. The summed E-state index contributed by atoms with van der Waals surface area (Å²) in [5, 5.41) is 6.39. The summed E-state index contributed by atoms with van der Waals surface area (Å²) in [7, 11) is -3.96. The highest BCUT2D eigenvalue weighted by atomic mass is 32.2. The first-order chi connectivity index (χ1) is 14.7. The molecule has 9 nitrogen and oxygen atoms in total. The number of carbonyl (C=O) groups is 1. The number of hydrogen-bond donors (Lipinski definition) is 3. The largest absolute Gasteiger partial charge is 0.360 e. The fraction of sp³-hybridized carbons (Fsp3) is 0.190. The molecule has 0 saturated carbocycles. The summed E-state index contributed by atoms with van der Waals surface area (Å²) in [5.74, 6) is 0.331. The van der Waals surface area contributed by atoms with Crippen LogP contribution in [0.25, 0.3) is 22.4 Å². The number of benzene rings is 2. The summed E-state index contributed by atoms with van der Waals surface area (Å²) in [6, 6.07) is 13.8. The van der Waals surface area contributed by atoms with E-state index in [1.165, 1.54) is 20.8 Å². The summed E-state index contributed by atoms with van der Waals surface area (Å²) in [5.41, 5.74) is 3.30. The number of carbonyl (C=O) groups excluding carboxylic acids is 1. The van der Waals surface area contributed by atoms with E-state index in [4.69, 9.17) is 4.52 Å². The minimum atomic E-state index is -3.96. The van der Waals surface area contributed by atoms with E-state index in [0.717, 1.165) is 16.6 Å². The third-order valence-corrected chi connectivity index (χ3v) is 6.54. The quantitative estimate of drug-likeness (QED) is 0.423. The number of rotatable bonds is 6. The number of amides is 1. The third-order valence-electron chi connectivity index (χ3n) is 4.75. The Hall–Kier alpha value is -3.50. The van der Waals surface area contributed by atoms with Crippen molar-refractivity contribution < 1.29 is 17.7 Å². The molecule has 0 radical (unpaired) electrons. The number of nitrogens with one attached hydrogen (secondary N) is 3. The van der Waals surface area contributed by atoms with Crippen molar-refractivity contribution in [2.45, 2.75) is 31.7 Å². The highest BCUT2D eigenvalue weighted by molar-refractivity contribution is 7.89. The highest BCUT2D eigenvalue weighted by Crippen LogP contribution is 2.23. The lowest BCUT2D eigenvalue weighted by Gasteiger charge is -2.14. The van der Waals surface area contributed by atoms with Crippen LogP contribution in [0.5, 0.6) is 0 Å². The van der Waals surface area contributed by atoms with E-state index in [0.29, 0.717) is 11.5 Å². The molecule has 2 aromatic carbocycles. The summed E-state index contributed by atoms with van der Waals surface area (Å²) in [6.45, 7) is 4.50. The lowest BCUT2D eigenvalue weighted by molar-refractivity contribution is -0.117. The van der Waals surface area contributed by atoms with E-state index in [-0.39, 0.29) is 16.3 Å². The van der Waals surface area contributed by atoms with Gasteiger partial charge in [-0.05, 0) is 45.0 Å². The van der Waals surface area contributed by atoms with Crippen molar-refractivity contribution in [3.63, 3.8) is 0 Å². The summed E-state index contributed by atoms with van der Waals surface area (Å²) >= 11 is 0. The number of hydrogen-bond acceptors (Lipinski definition) is 6. The Morgan fingerprint density at radius 2 is 1.90 bits per heavy atom. The Kier molecular flexibility index (Phi) is 5.34. The number of aromatic nitrogens is 3. The number of nitrogens with zero attached hydrogens (tertiary/aromatic N) is 2. The normalized spacial score (nSPS) is 12.7. The predicted molar refractivity (Wildman–Crippen MR) is 116 cm³/mol. The van der Waals surface area contributed by atoms with Gasteiger partial charge >= 0.3 is 0 Å². The summed E-state index contributed by atoms with van der Waals surface area (Å²) in [4.78, 5) is 20.4. The average molecular weight is 439 g/mol. The van der Waals surface area contributed by atoms with Crippen LogP contribution in [0, 0.1) is 13.8 Å². The molecule has 3 N–H and O–H groups in total. The second kappa shape index (κ2) is 7.97. The first-order valence-corrected chi connectivity index (χ1v) is 11.0. The molecule has 0 bridgehead atoms. The number of aryl methyl sites for hydroxylation is 2. The number of anilines is 1. The van der Waals surface area contributed by atoms with Crippen LogP contribution < -0.4 is 10.0 Å². The van der Waals surface area contributed by atoms with Gasteiger partial charge in [0.25, 0.3) is 0 Å². The van der Waals surface area contributed by atoms with Crippen LogP contribution >= 0.6 is 0 Å². The smallest absolute Gasteiger partial charge is 0.246 e. The fourth-order valence-electron chi connectivity index (χ4n) is 3.29. The maximum atomic E-state index is 12.6. The molecule has 0 fully saturated rings. The zero-order valence-corrected chi connectivity index (χ0v) is 17.9. The Bertz CT molecular complexity index is 1320. The van der Waals surface area contributed by atoms with Gasteiger partial charge in [-0.3, -0.25) is 4.79 Å². The maximum Gasteiger partial charge on any atom is 0.246 e. The number of para-hydroxylation sites is 2. The second-order valence-corrected chi connectivity index (χ2v) is 8.82. The minimum Gasteiger partial charge on any atom is -0.360 e. The molecule has 0 aliphatic heterocycles. The molecule has 4 rings (SSSR count). The zero-order valence-electron chi connectivity index (χ0n) is 17.1. The van der Waals surface area contributed by atoms with Crippen LogP contribution in [0.4, 0.5) is 5.69 Å². The Labute approximate surface area is 178 Å². The van der Waals surface area contributed by atoms with Crippen LogP contribution in [-0.4, -0.2) is 35.5 Å². The van der Waals surface area contributed by atoms with Crippen molar-refractivity contribution in [1.82, 2.24) is 19.8 Å². The lowest BCUT2D eigenvalue weighted by Crippen LogP contribution is -2.41. The molecule has 4 aromatic rings. The Morgan fingerprint density at radius 1 is 1.13 bits per heavy atom. The topological polar surface area (TPSA) is 130 Å². The van der Waals surface area contributed by atoms with Gasteiger partial charge in [0.1, 0.15) is 16.4 Å². The molecule has 0 spiro atoms. The molecule has 0 saturated heterocycles. The molecule has 1 atom stereocenters. The molecule has 31 heavy (non-hydrogen) atoms. The van der Waals surface area contributed by atoms with Gasteiger partial charge in [0.2, 0.25) is 15.9 Å². The standard InChI is InChI=1S/C21H21N5O4S/c1-12-19(14(3)30-25-12)31(28,29)26-13(2)21(27)22-16-8-6-7-15(11-16)20-23-17-9-4-5-10-18(17)24-20/h4-11,13,26H,1-3H3,(H,22,27)(H,23,24)/t13-/m0/s1. The van der Waals surface area contributed by atoms with Crippen molar-refractivity contribution in [2.75, 3.05) is 5.32 Å². The van der Waals surface area contributed by atoms with Gasteiger partial charge in [-0.1, -0.05) is 29.4 Å². The van der Waals surface area contributed by atoms with E-state index < -0.39 is 22.0 Å². The number of aromatic amines is 1. The number of H-pyrrole nitrogens is 1. The molecular weight excluding hydrogens is 418 g/mol. The third kappa shape index (κ3) is 4.21. The van der Waals surface area contributed by atoms with Crippen molar-refractivity contribution in [3.8, 4) is 11.4 Å². The van der Waals surface area contributed by atoms with E-state index in [1.807, 2.05) is 30.3 Å². The number of fused-ring (bicyclic) bond motifs is 1. The molecule has 2 aromatic heterocycles. The van der Waals surface area contributed by atoms with Gasteiger partial charge in [0.15, 0.2) is 5.76 Å². The highest BCUT2D eigenvalue weighted by Gasteiger charge is 2.28. The van der Waals surface area contributed by atoms with Crippen LogP contribution in [0.1, 0.15) is 18.4 Å². The number of imidazole rings is 1. The first-order valence-electron chi connectivity index (χ1n) is 9.56. The van der Waals surface area contributed by atoms with Crippen molar-refractivity contribution in [2.24, 2.45) is 0 Å². The van der Waals surface area contributed by atoms with Crippen molar-refractivity contribution in [3.05, 3.63) is 60.0 Å². The molecule has 0 aliphatic rings. The Balaban J connectivity index is 1.50. The maximum absolute atomic E-state index is 12.6. The minimum absolute atomic E-state index is 0.0565. The first kappa shape index (κ1) is 20.8. The number of sulfonamides is 1. The Morgan fingerprint density at radius 3 is 2.61 bits per heavy atom. The van der Waals surface area contributed by atoms with E-state index in [2.05, 4.69) is 25.2 Å². The zero-order chi connectivity index (χ0) is 22.2. The molecule has 2 heterocycles. The predicted octanol–water partition coefficient (Wildman–Crippen LogP) is 3.14.